The average Bonchev–Trinajstić information content (AvgIpc) is 2.52. The molecule has 0 amide bonds. The minimum Gasteiger partial charge on any atom is -0.493 e. The van der Waals surface area contributed by atoms with E-state index in [9.17, 15) is 0 Å². The lowest BCUT2D eigenvalue weighted by Gasteiger charge is -2.11. The number of rotatable bonds is 10. The number of benzene rings is 1. The third-order valence-electron chi connectivity index (χ3n) is 3.46. The SMILES string of the molecule is CCOc1cc(CCCN=C(N)NCCC(C)C)ccc1OC. The molecule has 0 aliphatic carbocycles. The van der Waals surface area contributed by atoms with Gasteiger partial charge in [-0.15, -0.1) is 0 Å². The first-order valence-electron chi connectivity index (χ1n) is 8.40. The minimum atomic E-state index is 0.537. The summed E-state index contributed by atoms with van der Waals surface area (Å²) in [7, 11) is 1.65. The van der Waals surface area contributed by atoms with Crippen molar-refractivity contribution in [2.24, 2.45) is 16.6 Å². The highest BCUT2D eigenvalue weighted by molar-refractivity contribution is 5.77. The second-order valence-electron chi connectivity index (χ2n) is 5.90. The second-order valence-corrected chi connectivity index (χ2v) is 5.90. The molecule has 0 saturated carbocycles. The van der Waals surface area contributed by atoms with Crippen LogP contribution >= 0.6 is 0 Å². The summed E-state index contributed by atoms with van der Waals surface area (Å²) < 4.78 is 10.9. The molecule has 23 heavy (non-hydrogen) atoms. The summed E-state index contributed by atoms with van der Waals surface area (Å²) in [5, 5.41) is 3.14. The molecule has 5 nitrogen and oxygen atoms in total. The van der Waals surface area contributed by atoms with Gasteiger partial charge in [0.05, 0.1) is 13.7 Å². The van der Waals surface area contributed by atoms with E-state index in [-0.39, 0.29) is 0 Å². The lowest BCUT2D eigenvalue weighted by molar-refractivity contribution is 0.310. The summed E-state index contributed by atoms with van der Waals surface area (Å²) in [4.78, 5) is 4.36. The van der Waals surface area contributed by atoms with Gasteiger partial charge in [-0.2, -0.15) is 0 Å². The van der Waals surface area contributed by atoms with Crippen molar-refractivity contribution in [1.82, 2.24) is 5.32 Å². The molecule has 3 N–H and O–H groups in total. The Morgan fingerprint density at radius 3 is 2.74 bits per heavy atom. The van der Waals surface area contributed by atoms with Crippen LogP contribution in [0.15, 0.2) is 23.2 Å². The number of nitrogens with zero attached hydrogens (tertiary/aromatic N) is 1. The average molecular weight is 321 g/mol. The van der Waals surface area contributed by atoms with Gasteiger partial charge in [0, 0.05) is 13.1 Å². The number of hydrogen-bond acceptors (Lipinski definition) is 3. The first-order valence-corrected chi connectivity index (χ1v) is 8.40. The van der Waals surface area contributed by atoms with Gasteiger partial charge in [0.1, 0.15) is 0 Å². The molecular weight excluding hydrogens is 290 g/mol. The highest BCUT2D eigenvalue weighted by Crippen LogP contribution is 2.28. The molecule has 0 aliphatic rings. The molecule has 1 rings (SSSR count). The van der Waals surface area contributed by atoms with Crippen LogP contribution in [0.3, 0.4) is 0 Å². The quantitative estimate of drug-likeness (QED) is 0.395. The Morgan fingerprint density at radius 1 is 1.30 bits per heavy atom. The maximum absolute atomic E-state index is 5.84. The van der Waals surface area contributed by atoms with Crippen molar-refractivity contribution in [2.75, 3.05) is 26.8 Å². The van der Waals surface area contributed by atoms with Crippen LogP contribution in [0.2, 0.25) is 0 Å². The Balaban J connectivity index is 2.39. The van der Waals surface area contributed by atoms with Gasteiger partial charge in [0.25, 0.3) is 0 Å². The zero-order valence-corrected chi connectivity index (χ0v) is 14.9. The number of nitrogens with one attached hydrogen (secondary N) is 1. The Kier molecular flexibility index (Phi) is 8.95. The first-order chi connectivity index (χ1) is 11.1. The predicted molar refractivity (Wildman–Crippen MR) is 96.4 cm³/mol. The molecule has 0 spiro atoms. The summed E-state index contributed by atoms with van der Waals surface area (Å²) in [6.45, 7) is 8.58. The van der Waals surface area contributed by atoms with E-state index in [2.05, 4.69) is 30.2 Å². The molecule has 0 atom stereocenters. The first kappa shape index (κ1) is 19.1. The fraction of sp³-hybridized carbons (Fsp3) is 0.611. The number of ether oxygens (including phenoxy) is 2. The normalized spacial score (nSPS) is 11.6. The molecule has 1 aromatic rings. The van der Waals surface area contributed by atoms with E-state index in [1.54, 1.807) is 7.11 Å². The van der Waals surface area contributed by atoms with Crippen LogP contribution in [0.5, 0.6) is 11.5 Å². The number of hydrogen-bond donors (Lipinski definition) is 2. The van der Waals surface area contributed by atoms with Gasteiger partial charge in [-0.05, 0) is 49.8 Å². The highest BCUT2D eigenvalue weighted by atomic mass is 16.5. The summed E-state index contributed by atoms with van der Waals surface area (Å²) in [5.74, 6) is 2.78. The minimum absolute atomic E-state index is 0.537. The molecule has 5 heteroatoms. The third kappa shape index (κ3) is 7.77. The zero-order valence-electron chi connectivity index (χ0n) is 14.9. The van der Waals surface area contributed by atoms with E-state index in [1.807, 2.05) is 19.1 Å². The lowest BCUT2D eigenvalue weighted by atomic mass is 10.1. The number of aryl methyl sites for hydroxylation is 1. The van der Waals surface area contributed by atoms with Crippen LogP contribution in [0.4, 0.5) is 0 Å². The number of guanidine groups is 1. The molecule has 0 aromatic heterocycles. The van der Waals surface area contributed by atoms with Crippen molar-refractivity contribution in [3.05, 3.63) is 23.8 Å². The van der Waals surface area contributed by atoms with E-state index in [0.29, 0.717) is 18.5 Å². The second kappa shape index (κ2) is 10.8. The van der Waals surface area contributed by atoms with E-state index in [4.69, 9.17) is 15.2 Å². The maximum Gasteiger partial charge on any atom is 0.188 e. The van der Waals surface area contributed by atoms with Crippen LogP contribution in [-0.2, 0) is 6.42 Å². The molecular formula is C18H31N3O2. The monoisotopic (exact) mass is 321 g/mol. The number of nitrogens with two attached hydrogens (primary N) is 1. The van der Waals surface area contributed by atoms with Crippen LogP contribution in [0.25, 0.3) is 0 Å². The van der Waals surface area contributed by atoms with Gasteiger partial charge in [-0.3, -0.25) is 4.99 Å². The molecule has 0 radical (unpaired) electrons. The summed E-state index contributed by atoms with van der Waals surface area (Å²) in [6, 6.07) is 6.05. The largest absolute Gasteiger partial charge is 0.493 e. The zero-order chi connectivity index (χ0) is 17.1. The van der Waals surface area contributed by atoms with Gasteiger partial charge in [-0.25, -0.2) is 0 Å². The number of aliphatic imine (C=N–C) groups is 1. The molecule has 0 heterocycles. The Labute approximate surface area is 140 Å². The van der Waals surface area contributed by atoms with Crippen molar-refractivity contribution < 1.29 is 9.47 Å². The number of methoxy groups -OCH3 is 1. The van der Waals surface area contributed by atoms with Crippen LogP contribution < -0.4 is 20.5 Å². The standard InChI is InChI=1S/C18H31N3O2/c1-5-23-17-13-15(8-9-16(17)22-4)7-6-11-20-18(19)21-12-10-14(2)3/h8-9,13-14H,5-7,10-12H2,1-4H3,(H3,19,20,21). The Morgan fingerprint density at radius 2 is 2.09 bits per heavy atom. The predicted octanol–water partition coefficient (Wildman–Crippen LogP) is 2.98. The molecule has 0 aliphatic heterocycles. The van der Waals surface area contributed by atoms with Gasteiger partial charge in [0.2, 0.25) is 0 Å². The van der Waals surface area contributed by atoms with Crippen molar-refractivity contribution in [2.45, 2.75) is 40.0 Å². The fourth-order valence-corrected chi connectivity index (χ4v) is 2.17. The van der Waals surface area contributed by atoms with Gasteiger partial charge < -0.3 is 20.5 Å². The molecule has 0 bridgehead atoms. The van der Waals surface area contributed by atoms with E-state index < -0.39 is 0 Å². The van der Waals surface area contributed by atoms with Gasteiger partial charge >= 0.3 is 0 Å². The molecule has 1 aromatic carbocycles. The summed E-state index contributed by atoms with van der Waals surface area (Å²) >= 11 is 0. The maximum atomic E-state index is 5.84. The van der Waals surface area contributed by atoms with Gasteiger partial charge in [-0.1, -0.05) is 19.9 Å². The highest BCUT2D eigenvalue weighted by Gasteiger charge is 2.05. The van der Waals surface area contributed by atoms with Crippen LogP contribution in [-0.4, -0.2) is 32.8 Å². The van der Waals surface area contributed by atoms with Crippen LogP contribution in [0.1, 0.15) is 39.2 Å². The molecule has 0 fully saturated rings. The van der Waals surface area contributed by atoms with Crippen molar-refractivity contribution in [1.29, 1.82) is 0 Å². The summed E-state index contributed by atoms with van der Waals surface area (Å²) in [6.07, 6.45) is 2.99. The van der Waals surface area contributed by atoms with E-state index >= 15 is 0 Å². The molecule has 0 saturated heterocycles. The molecule has 130 valence electrons. The van der Waals surface area contributed by atoms with Crippen molar-refractivity contribution in [3.63, 3.8) is 0 Å². The van der Waals surface area contributed by atoms with Gasteiger partial charge in [0.15, 0.2) is 17.5 Å². The summed E-state index contributed by atoms with van der Waals surface area (Å²) in [5.41, 5.74) is 7.06. The Hall–Kier alpha value is -1.91. The van der Waals surface area contributed by atoms with Crippen LogP contribution in [0, 0.1) is 5.92 Å². The smallest absolute Gasteiger partial charge is 0.188 e. The molecule has 0 unspecified atom stereocenters. The Bertz CT molecular complexity index is 487. The lowest BCUT2D eigenvalue weighted by Crippen LogP contribution is -2.33. The van der Waals surface area contributed by atoms with Crippen molar-refractivity contribution >= 4 is 5.96 Å². The topological polar surface area (TPSA) is 68.9 Å². The van der Waals surface area contributed by atoms with E-state index in [0.717, 1.165) is 43.9 Å². The third-order valence-corrected chi connectivity index (χ3v) is 3.46. The van der Waals surface area contributed by atoms with Crippen molar-refractivity contribution in [3.8, 4) is 11.5 Å². The fourth-order valence-electron chi connectivity index (χ4n) is 2.17. The van der Waals surface area contributed by atoms with E-state index in [1.165, 1.54) is 5.56 Å².